The van der Waals surface area contributed by atoms with E-state index in [-0.39, 0.29) is 5.75 Å². The van der Waals surface area contributed by atoms with Crippen molar-refractivity contribution in [3.05, 3.63) is 73.1 Å². The zero-order valence-electron chi connectivity index (χ0n) is 10.2. The predicted molar refractivity (Wildman–Crippen MR) is 75.6 cm³/mol. The minimum absolute atomic E-state index is 0.240. The number of phenols is 1. The van der Waals surface area contributed by atoms with Crippen LogP contribution in [0.2, 0.25) is 0 Å². The Morgan fingerprint density at radius 2 is 1.53 bits per heavy atom. The van der Waals surface area contributed by atoms with Crippen LogP contribution < -0.4 is 0 Å². The number of pyridine rings is 1. The van der Waals surface area contributed by atoms with E-state index in [1.807, 2.05) is 48.5 Å². The van der Waals surface area contributed by atoms with Crippen molar-refractivity contribution in [2.45, 2.75) is 0 Å². The third-order valence-corrected chi connectivity index (χ3v) is 3.02. The molecule has 0 aliphatic heterocycles. The number of benzene rings is 2. The van der Waals surface area contributed by atoms with Gasteiger partial charge in [0.1, 0.15) is 5.75 Å². The molecule has 2 nitrogen and oxygen atoms in total. The van der Waals surface area contributed by atoms with Crippen molar-refractivity contribution in [1.29, 1.82) is 0 Å². The van der Waals surface area contributed by atoms with Crippen molar-refractivity contribution in [3.8, 4) is 28.0 Å². The quantitative estimate of drug-likeness (QED) is 0.743. The summed E-state index contributed by atoms with van der Waals surface area (Å²) in [5.74, 6) is 0.240. The van der Waals surface area contributed by atoms with Gasteiger partial charge in [0.25, 0.3) is 0 Å². The zero-order chi connectivity index (χ0) is 13.1. The van der Waals surface area contributed by atoms with Crippen molar-refractivity contribution in [2.24, 2.45) is 0 Å². The molecule has 3 rings (SSSR count). The van der Waals surface area contributed by atoms with Crippen LogP contribution in [-0.2, 0) is 0 Å². The second-order valence-corrected chi connectivity index (χ2v) is 4.23. The van der Waals surface area contributed by atoms with Crippen molar-refractivity contribution in [1.82, 2.24) is 4.98 Å². The smallest absolute Gasteiger partial charge is 0.123 e. The Hall–Kier alpha value is -2.61. The summed E-state index contributed by atoms with van der Waals surface area (Å²) in [7, 11) is 0. The van der Waals surface area contributed by atoms with E-state index < -0.39 is 0 Å². The van der Waals surface area contributed by atoms with E-state index in [9.17, 15) is 5.11 Å². The van der Waals surface area contributed by atoms with Gasteiger partial charge in [-0.1, -0.05) is 48.5 Å². The van der Waals surface area contributed by atoms with Gasteiger partial charge in [-0.3, -0.25) is 4.98 Å². The van der Waals surface area contributed by atoms with Gasteiger partial charge in [0.05, 0.1) is 6.20 Å². The highest BCUT2D eigenvalue weighted by atomic mass is 16.3. The largest absolute Gasteiger partial charge is 0.507 e. The predicted octanol–water partition coefficient (Wildman–Crippen LogP) is 3.92. The fraction of sp³-hybridized carbons (Fsp3) is 0. The topological polar surface area (TPSA) is 33.1 Å². The van der Waals surface area contributed by atoms with Gasteiger partial charge in [-0.2, -0.15) is 0 Å². The maximum absolute atomic E-state index is 9.99. The highest BCUT2D eigenvalue weighted by Gasteiger charge is 2.10. The summed E-state index contributed by atoms with van der Waals surface area (Å²) in [6.45, 7) is 0. The number of hydrogen-bond donors (Lipinski definition) is 1. The van der Waals surface area contributed by atoms with Gasteiger partial charge in [0, 0.05) is 17.3 Å². The number of nitrogens with zero attached hydrogens (tertiary/aromatic N) is 1. The lowest BCUT2D eigenvalue weighted by atomic mass is 9.96. The Labute approximate surface area is 112 Å². The van der Waals surface area contributed by atoms with Gasteiger partial charge in [0.15, 0.2) is 0 Å². The first-order valence-corrected chi connectivity index (χ1v) is 6.07. The molecule has 19 heavy (non-hydrogen) atoms. The summed E-state index contributed by atoms with van der Waals surface area (Å²) in [5.41, 5.74) is 3.65. The summed E-state index contributed by atoms with van der Waals surface area (Å²) >= 11 is 0. The SMILES string of the molecule is Oc1ccccc1-c1[c]nccc1-c1ccccc1. The van der Waals surface area contributed by atoms with Gasteiger partial charge in [-0.15, -0.1) is 0 Å². The number of aromatic nitrogens is 1. The van der Waals surface area contributed by atoms with E-state index in [1.54, 1.807) is 18.3 Å². The lowest BCUT2D eigenvalue weighted by molar-refractivity contribution is 0.477. The Morgan fingerprint density at radius 1 is 0.789 bits per heavy atom. The molecule has 2 heteroatoms. The van der Waals surface area contributed by atoms with E-state index in [4.69, 9.17) is 0 Å². The van der Waals surface area contributed by atoms with Crippen molar-refractivity contribution >= 4 is 0 Å². The van der Waals surface area contributed by atoms with Crippen LogP contribution in [0.3, 0.4) is 0 Å². The number of para-hydroxylation sites is 1. The van der Waals surface area contributed by atoms with E-state index in [0.29, 0.717) is 0 Å². The van der Waals surface area contributed by atoms with Gasteiger partial charge in [0.2, 0.25) is 0 Å². The summed E-state index contributed by atoms with van der Waals surface area (Å²) in [5, 5.41) is 9.99. The van der Waals surface area contributed by atoms with E-state index >= 15 is 0 Å². The summed E-state index contributed by atoms with van der Waals surface area (Å²) < 4.78 is 0. The van der Waals surface area contributed by atoms with Crippen molar-refractivity contribution < 1.29 is 5.11 Å². The molecule has 0 saturated carbocycles. The molecule has 0 aliphatic rings. The summed E-state index contributed by atoms with van der Waals surface area (Å²) in [6, 6.07) is 19.2. The minimum Gasteiger partial charge on any atom is -0.507 e. The molecule has 0 spiro atoms. The first kappa shape index (κ1) is 11.5. The maximum atomic E-state index is 9.99. The van der Waals surface area contributed by atoms with Crippen LogP contribution in [0.1, 0.15) is 0 Å². The fourth-order valence-corrected chi connectivity index (χ4v) is 2.11. The lowest BCUT2D eigenvalue weighted by Gasteiger charge is -2.10. The maximum Gasteiger partial charge on any atom is 0.123 e. The minimum atomic E-state index is 0.240. The first-order chi connectivity index (χ1) is 9.36. The number of aromatic hydroxyl groups is 1. The van der Waals surface area contributed by atoms with Crippen LogP contribution in [-0.4, -0.2) is 10.1 Å². The average Bonchev–Trinajstić information content (AvgIpc) is 2.49. The molecule has 3 aromatic rings. The lowest BCUT2D eigenvalue weighted by Crippen LogP contribution is -1.87. The zero-order valence-corrected chi connectivity index (χ0v) is 10.2. The first-order valence-electron chi connectivity index (χ1n) is 6.07. The van der Waals surface area contributed by atoms with Crippen LogP contribution in [0.25, 0.3) is 22.3 Å². The Bertz CT molecular complexity index is 692. The molecule has 1 aromatic heterocycles. The van der Waals surface area contributed by atoms with Crippen molar-refractivity contribution in [3.63, 3.8) is 0 Å². The molecular formula is C17H12NO. The van der Waals surface area contributed by atoms with Crippen LogP contribution in [0.4, 0.5) is 0 Å². The van der Waals surface area contributed by atoms with Gasteiger partial charge in [-0.05, 0) is 23.3 Å². The normalized spacial score (nSPS) is 10.3. The van der Waals surface area contributed by atoms with Crippen LogP contribution >= 0.6 is 0 Å². The molecule has 0 atom stereocenters. The molecule has 0 fully saturated rings. The molecule has 0 saturated heterocycles. The molecule has 0 amide bonds. The van der Waals surface area contributed by atoms with Crippen LogP contribution in [0.5, 0.6) is 5.75 Å². The fourth-order valence-electron chi connectivity index (χ4n) is 2.11. The Morgan fingerprint density at radius 3 is 2.32 bits per heavy atom. The van der Waals surface area contributed by atoms with Crippen LogP contribution in [0.15, 0.2) is 66.9 Å². The molecule has 1 N–H and O–H groups in total. The average molecular weight is 246 g/mol. The number of rotatable bonds is 2. The standard InChI is InChI=1S/C17H12NO/c19-17-9-5-4-8-15(17)16-12-18-11-10-14(16)13-6-2-1-3-7-13/h1-11,19H. The van der Waals surface area contributed by atoms with E-state index in [0.717, 1.165) is 22.3 Å². The summed E-state index contributed by atoms with van der Waals surface area (Å²) in [6.07, 6.45) is 4.70. The third kappa shape index (κ3) is 2.20. The molecule has 0 unspecified atom stereocenters. The highest BCUT2D eigenvalue weighted by molar-refractivity contribution is 5.84. The highest BCUT2D eigenvalue weighted by Crippen LogP contribution is 2.35. The van der Waals surface area contributed by atoms with Gasteiger partial charge in [-0.25, -0.2) is 0 Å². The van der Waals surface area contributed by atoms with E-state index in [1.165, 1.54) is 0 Å². The number of phenolic OH excluding ortho intramolecular Hbond substituents is 1. The van der Waals surface area contributed by atoms with Crippen LogP contribution in [0, 0.1) is 6.20 Å². The third-order valence-electron chi connectivity index (χ3n) is 3.02. The number of hydrogen-bond acceptors (Lipinski definition) is 2. The second-order valence-electron chi connectivity index (χ2n) is 4.23. The molecule has 91 valence electrons. The summed E-state index contributed by atoms with van der Waals surface area (Å²) in [4.78, 5) is 4.05. The molecule has 2 aromatic carbocycles. The van der Waals surface area contributed by atoms with Gasteiger partial charge < -0.3 is 5.11 Å². The van der Waals surface area contributed by atoms with Crippen molar-refractivity contribution in [2.75, 3.05) is 0 Å². The monoisotopic (exact) mass is 246 g/mol. The molecule has 0 bridgehead atoms. The van der Waals surface area contributed by atoms with E-state index in [2.05, 4.69) is 11.2 Å². The Kier molecular flexibility index (Phi) is 2.99. The second kappa shape index (κ2) is 4.94. The van der Waals surface area contributed by atoms with Gasteiger partial charge >= 0.3 is 0 Å². The molecule has 0 aliphatic carbocycles. The molecule has 1 heterocycles. The Balaban J connectivity index is 2.21. The molecule has 1 radical (unpaired) electrons. The molecular weight excluding hydrogens is 234 g/mol.